The molecule has 0 spiro atoms. The molecule has 0 radical (unpaired) electrons. The highest BCUT2D eigenvalue weighted by Crippen LogP contribution is 2.29. The standard InChI is InChI=1S/C13H22N2O2S2/c1-9-4-5-11(6-9)15-19(16,17)13-7-12(8-14-3)18-10(13)2/h7,9,11,14-15H,4-6,8H2,1-3H3. The number of hydrogen-bond acceptors (Lipinski definition) is 4. The Morgan fingerprint density at radius 1 is 1.42 bits per heavy atom. The van der Waals surface area contributed by atoms with Crippen molar-refractivity contribution in [3.63, 3.8) is 0 Å². The summed E-state index contributed by atoms with van der Waals surface area (Å²) >= 11 is 1.54. The molecule has 1 aliphatic carbocycles. The predicted molar refractivity (Wildman–Crippen MR) is 78.9 cm³/mol. The predicted octanol–water partition coefficient (Wildman–Crippen LogP) is 2.24. The van der Waals surface area contributed by atoms with Gasteiger partial charge < -0.3 is 5.32 Å². The fourth-order valence-corrected chi connectivity index (χ4v) is 5.58. The van der Waals surface area contributed by atoms with Gasteiger partial charge in [0, 0.05) is 22.3 Å². The molecule has 19 heavy (non-hydrogen) atoms. The first-order chi connectivity index (χ1) is 8.92. The molecule has 1 heterocycles. The molecular formula is C13H22N2O2S2. The van der Waals surface area contributed by atoms with Gasteiger partial charge in [0.15, 0.2) is 0 Å². The van der Waals surface area contributed by atoms with E-state index < -0.39 is 10.0 Å². The van der Waals surface area contributed by atoms with Crippen LogP contribution < -0.4 is 10.0 Å². The van der Waals surface area contributed by atoms with Crippen LogP contribution in [0.25, 0.3) is 0 Å². The zero-order valence-corrected chi connectivity index (χ0v) is 13.3. The number of nitrogens with one attached hydrogen (secondary N) is 2. The largest absolute Gasteiger partial charge is 0.315 e. The Hall–Kier alpha value is -0.430. The molecule has 6 heteroatoms. The Labute approximate surface area is 119 Å². The van der Waals surface area contributed by atoms with Gasteiger partial charge in [-0.1, -0.05) is 6.92 Å². The maximum absolute atomic E-state index is 12.4. The molecule has 0 amide bonds. The molecular weight excluding hydrogens is 280 g/mol. The Bertz CT molecular complexity index is 537. The monoisotopic (exact) mass is 302 g/mol. The van der Waals surface area contributed by atoms with Crippen molar-refractivity contribution < 1.29 is 8.42 Å². The summed E-state index contributed by atoms with van der Waals surface area (Å²) in [6.45, 7) is 4.76. The van der Waals surface area contributed by atoms with Crippen LogP contribution >= 0.6 is 11.3 Å². The number of sulfonamides is 1. The minimum atomic E-state index is -3.36. The quantitative estimate of drug-likeness (QED) is 0.877. The average Bonchev–Trinajstić information content (AvgIpc) is 2.86. The highest BCUT2D eigenvalue weighted by molar-refractivity contribution is 7.89. The Morgan fingerprint density at radius 3 is 2.74 bits per heavy atom. The van der Waals surface area contributed by atoms with Crippen molar-refractivity contribution in [1.29, 1.82) is 0 Å². The number of thiophene rings is 1. The summed E-state index contributed by atoms with van der Waals surface area (Å²) in [4.78, 5) is 2.37. The number of aryl methyl sites for hydroxylation is 1. The van der Waals surface area contributed by atoms with Gasteiger partial charge in [-0.3, -0.25) is 0 Å². The van der Waals surface area contributed by atoms with E-state index in [9.17, 15) is 8.42 Å². The third-order valence-corrected chi connectivity index (χ3v) is 6.41. The Kier molecular flexibility index (Phi) is 4.66. The second-order valence-electron chi connectivity index (χ2n) is 5.40. The van der Waals surface area contributed by atoms with E-state index >= 15 is 0 Å². The van der Waals surface area contributed by atoms with Gasteiger partial charge in [0.25, 0.3) is 0 Å². The minimum absolute atomic E-state index is 0.104. The van der Waals surface area contributed by atoms with E-state index in [1.807, 2.05) is 14.0 Å². The van der Waals surface area contributed by atoms with Crippen LogP contribution in [-0.2, 0) is 16.6 Å². The van der Waals surface area contributed by atoms with E-state index in [1.165, 1.54) is 0 Å². The van der Waals surface area contributed by atoms with Gasteiger partial charge in [-0.25, -0.2) is 13.1 Å². The smallest absolute Gasteiger partial charge is 0.241 e. The average molecular weight is 302 g/mol. The van der Waals surface area contributed by atoms with E-state index in [2.05, 4.69) is 17.0 Å². The van der Waals surface area contributed by atoms with Crippen LogP contribution in [0.3, 0.4) is 0 Å². The molecule has 0 bridgehead atoms. The van der Waals surface area contributed by atoms with Crippen molar-refractivity contribution in [2.75, 3.05) is 7.05 Å². The van der Waals surface area contributed by atoms with E-state index in [1.54, 1.807) is 17.4 Å². The number of rotatable bonds is 5. The summed E-state index contributed by atoms with van der Waals surface area (Å²) < 4.78 is 27.7. The summed E-state index contributed by atoms with van der Waals surface area (Å²) in [5.74, 6) is 0.621. The highest BCUT2D eigenvalue weighted by Gasteiger charge is 2.28. The lowest BCUT2D eigenvalue weighted by Crippen LogP contribution is -2.33. The second-order valence-corrected chi connectivity index (χ2v) is 8.42. The lowest BCUT2D eigenvalue weighted by Gasteiger charge is -2.12. The molecule has 1 fully saturated rings. The van der Waals surface area contributed by atoms with Crippen molar-refractivity contribution >= 4 is 21.4 Å². The summed E-state index contributed by atoms with van der Waals surface area (Å²) in [5.41, 5.74) is 0. The van der Waals surface area contributed by atoms with Gasteiger partial charge in [0.1, 0.15) is 0 Å². The first-order valence-corrected chi connectivity index (χ1v) is 8.98. The minimum Gasteiger partial charge on any atom is -0.315 e. The normalized spacial score (nSPS) is 23.9. The van der Waals surface area contributed by atoms with E-state index in [-0.39, 0.29) is 6.04 Å². The summed E-state index contributed by atoms with van der Waals surface area (Å²) in [6, 6.07) is 1.89. The molecule has 4 nitrogen and oxygen atoms in total. The van der Waals surface area contributed by atoms with Crippen LogP contribution in [0.1, 0.15) is 35.9 Å². The second kappa shape index (κ2) is 5.91. The van der Waals surface area contributed by atoms with Gasteiger partial charge in [0.2, 0.25) is 10.0 Å². The summed E-state index contributed by atoms with van der Waals surface area (Å²) in [5, 5.41) is 3.05. The molecule has 2 atom stereocenters. The van der Waals surface area contributed by atoms with E-state index in [0.29, 0.717) is 17.4 Å². The molecule has 108 valence electrons. The maximum atomic E-state index is 12.4. The highest BCUT2D eigenvalue weighted by atomic mass is 32.2. The first kappa shape index (κ1) is 15.0. The summed E-state index contributed by atoms with van der Waals surface area (Å²) in [7, 11) is -1.50. The van der Waals surface area contributed by atoms with Crippen molar-refractivity contribution in [2.45, 2.75) is 50.6 Å². The van der Waals surface area contributed by atoms with Crippen LogP contribution in [-0.4, -0.2) is 21.5 Å². The third-order valence-electron chi connectivity index (χ3n) is 3.58. The van der Waals surface area contributed by atoms with E-state index in [4.69, 9.17) is 0 Å². The fraction of sp³-hybridized carbons (Fsp3) is 0.692. The zero-order valence-electron chi connectivity index (χ0n) is 11.7. The van der Waals surface area contributed by atoms with Crippen molar-refractivity contribution in [3.05, 3.63) is 15.8 Å². The van der Waals surface area contributed by atoms with Crippen LogP contribution in [0.2, 0.25) is 0 Å². The van der Waals surface area contributed by atoms with Gasteiger partial charge in [-0.05, 0) is 45.2 Å². The van der Waals surface area contributed by atoms with Crippen LogP contribution in [0.5, 0.6) is 0 Å². The van der Waals surface area contributed by atoms with Crippen LogP contribution in [0, 0.1) is 12.8 Å². The van der Waals surface area contributed by atoms with Crippen LogP contribution in [0.15, 0.2) is 11.0 Å². The fourth-order valence-electron chi connectivity index (χ4n) is 2.65. The SMILES string of the molecule is CNCc1cc(S(=O)(=O)NC2CCC(C)C2)c(C)s1. The van der Waals surface area contributed by atoms with Crippen molar-refractivity contribution in [3.8, 4) is 0 Å². The molecule has 1 aliphatic rings. The van der Waals surface area contributed by atoms with Gasteiger partial charge >= 0.3 is 0 Å². The molecule has 0 aromatic carbocycles. The number of hydrogen-bond donors (Lipinski definition) is 2. The molecule has 1 saturated carbocycles. The van der Waals surface area contributed by atoms with Crippen molar-refractivity contribution in [2.24, 2.45) is 5.92 Å². The van der Waals surface area contributed by atoms with Gasteiger partial charge in [0.05, 0.1) is 4.90 Å². The van der Waals surface area contributed by atoms with Crippen LogP contribution in [0.4, 0.5) is 0 Å². The topological polar surface area (TPSA) is 58.2 Å². The Balaban J connectivity index is 2.14. The lowest BCUT2D eigenvalue weighted by molar-refractivity contribution is 0.538. The Morgan fingerprint density at radius 2 is 2.16 bits per heavy atom. The maximum Gasteiger partial charge on any atom is 0.241 e. The molecule has 1 aromatic heterocycles. The molecule has 1 aromatic rings. The molecule has 0 aliphatic heterocycles. The lowest BCUT2D eigenvalue weighted by atomic mass is 10.1. The zero-order chi connectivity index (χ0) is 14.0. The molecule has 2 unspecified atom stereocenters. The van der Waals surface area contributed by atoms with Crippen molar-refractivity contribution in [1.82, 2.24) is 10.0 Å². The van der Waals surface area contributed by atoms with Gasteiger partial charge in [-0.15, -0.1) is 11.3 Å². The third kappa shape index (κ3) is 3.56. The summed E-state index contributed by atoms with van der Waals surface area (Å²) in [6.07, 6.45) is 3.01. The van der Waals surface area contributed by atoms with E-state index in [0.717, 1.165) is 29.0 Å². The molecule has 2 N–H and O–H groups in total. The van der Waals surface area contributed by atoms with Gasteiger partial charge in [-0.2, -0.15) is 0 Å². The first-order valence-electron chi connectivity index (χ1n) is 6.68. The molecule has 2 rings (SSSR count). The molecule has 0 saturated heterocycles.